The number of H-pyrrole nitrogens is 1. The van der Waals surface area contributed by atoms with E-state index in [1.54, 1.807) is 18.3 Å². The Bertz CT molecular complexity index is 1270. The van der Waals surface area contributed by atoms with Crippen molar-refractivity contribution in [2.75, 3.05) is 6.61 Å². The van der Waals surface area contributed by atoms with Gasteiger partial charge in [-0.3, -0.25) is 4.79 Å². The Morgan fingerprint density at radius 3 is 2.77 bits per heavy atom. The molecular formula is C25H20BrN3O2. The highest BCUT2D eigenvalue weighted by molar-refractivity contribution is 9.10. The molecule has 3 N–H and O–H groups in total. The lowest BCUT2D eigenvalue weighted by atomic mass is 10.0. The van der Waals surface area contributed by atoms with Gasteiger partial charge >= 0.3 is 0 Å². The van der Waals surface area contributed by atoms with Gasteiger partial charge in [-0.15, -0.1) is 0 Å². The monoisotopic (exact) mass is 473 g/mol. The summed E-state index contributed by atoms with van der Waals surface area (Å²) in [7, 11) is 0. The summed E-state index contributed by atoms with van der Waals surface area (Å²) >= 11 is 3.44. The van der Waals surface area contributed by atoms with E-state index in [-0.39, 0.29) is 12.5 Å². The van der Waals surface area contributed by atoms with E-state index in [1.807, 2.05) is 54.7 Å². The van der Waals surface area contributed by atoms with Crippen molar-refractivity contribution in [2.45, 2.75) is 12.5 Å². The van der Waals surface area contributed by atoms with Crippen LogP contribution in [0.5, 0.6) is 0 Å². The van der Waals surface area contributed by atoms with Crippen LogP contribution in [0.25, 0.3) is 10.9 Å². The Balaban J connectivity index is 1.51. The van der Waals surface area contributed by atoms with Crippen molar-refractivity contribution in [2.24, 2.45) is 0 Å². The summed E-state index contributed by atoms with van der Waals surface area (Å²) in [5.41, 5.74) is 3.91. The summed E-state index contributed by atoms with van der Waals surface area (Å²) in [5.74, 6) is 5.76. The maximum Gasteiger partial charge on any atom is 0.252 e. The van der Waals surface area contributed by atoms with Crippen LogP contribution in [0, 0.1) is 11.8 Å². The van der Waals surface area contributed by atoms with Crippen LogP contribution in [-0.4, -0.2) is 33.6 Å². The maximum absolute atomic E-state index is 12.9. The van der Waals surface area contributed by atoms with E-state index in [4.69, 9.17) is 0 Å². The Kier molecular flexibility index (Phi) is 6.46. The highest BCUT2D eigenvalue weighted by Gasteiger charge is 2.17. The Labute approximate surface area is 188 Å². The number of nitrogens with zero attached hydrogens (tertiary/aromatic N) is 1. The second kappa shape index (κ2) is 9.61. The quantitative estimate of drug-likeness (QED) is 0.382. The predicted octanol–water partition coefficient (Wildman–Crippen LogP) is 4.06. The van der Waals surface area contributed by atoms with Crippen LogP contribution in [0.4, 0.5) is 0 Å². The topological polar surface area (TPSA) is 78.0 Å². The minimum atomic E-state index is -0.415. The van der Waals surface area contributed by atoms with Crippen LogP contribution >= 0.6 is 15.9 Å². The van der Waals surface area contributed by atoms with Crippen LogP contribution in [0.1, 0.15) is 27.2 Å². The smallest absolute Gasteiger partial charge is 0.252 e. The zero-order valence-corrected chi connectivity index (χ0v) is 18.2. The third-order valence-electron chi connectivity index (χ3n) is 4.91. The van der Waals surface area contributed by atoms with Crippen LogP contribution in [0.3, 0.4) is 0 Å². The highest BCUT2D eigenvalue weighted by Crippen LogP contribution is 2.21. The summed E-state index contributed by atoms with van der Waals surface area (Å²) in [6, 6.07) is 18.5. The molecule has 2 aromatic carbocycles. The molecule has 4 rings (SSSR count). The molecule has 1 amide bonds. The number of aliphatic hydroxyl groups is 1. The molecule has 0 fully saturated rings. The lowest BCUT2D eigenvalue weighted by molar-refractivity contribution is 0.0915. The fraction of sp³-hybridized carbons (Fsp3) is 0.120. The number of rotatable bonds is 5. The molecule has 0 aliphatic carbocycles. The third-order valence-corrected chi connectivity index (χ3v) is 5.60. The molecule has 2 aromatic heterocycles. The predicted molar refractivity (Wildman–Crippen MR) is 125 cm³/mol. The van der Waals surface area contributed by atoms with Crippen molar-refractivity contribution in [3.05, 3.63) is 99.9 Å². The van der Waals surface area contributed by atoms with Crippen molar-refractivity contribution in [1.82, 2.24) is 15.3 Å². The standard InChI is InChI=1S/C25H20BrN3O2/c26-23-11-9-17(8-10-19-5-3-4-12-27-19)13-22(23)25(31)29-20(16-30)14-18-15-28-24-7-2-1-6-21(18)24/h1-7,9,11-13,15,20,28,30H,14,16H2,(H,29,31)/t20-/m1/s1. The minimum Gasteiger partial charge on any atom is -0.394 e. The second-order valence-corrected chi connectivity index (χ2v) is 7.93. The van der Waals surface area contributed by atoms with E-state index in [9.17, 15) is 9.90 Å². The molecule has 0 spiro atoms. The zero-order chi connectivity index (χ0) is 21.6. The maximum atomic E-state index is 12.9. The third kappa shape index (κ3) is 5.02. The van der Waals surface area contributed by atoms with Crippen LogP contribution in [0.2, 0.25) is 0 Å². The molecule has 6 heteroatoms. The first-order valence-corrected chi connectivity index (χ1v) is 10.6. The number of para-hydroxylation sites is 1. The van der Waals surface area contributed by atoms with E-state index in [0.717, 1.165) is 16.5 Å². The van der Waals surface area contributed by atoms with Crippen molar-refractivity contribution >= 4 is 32.7 Å². The molecule has 31 heavy (non-hydrogen) atoms. The van der Waals surface area contributed by atoms with E-state index in [2.05, 4.69) is 43.1 Å². The van der Waals surface area contributed by atoms with E-state index in [0.29, 0.717) is 27.7 Å². The fourth-order valence-electron chi connectivity index (χ4n) is 3.34. The molecule has 4 aromatic rings. The summed E-state index contributed by atoms with van der Waals surface area (Å²) in [5, 5.41) is 13.9. The van der Waals surface area contributed by atoms with Gasteiger partial charge in [0.25, 0.3) is 5.91 Å². The number of hydrogen-bond acceptors (Lipinski definition) is 3. The van der Waals surface area contributed by atoms with Gasteiger partial charge in [0.05, 0.1) is 18.2 Å². The summed E-state index contributed by atoms with van der Waals surface area (Å²) in [4.78, 5) is 20.3. The number of carbonyl (C=O) groups excluding carboxylic acids is 1. The molecule has 0 radical (unpaired) electrons. The second-order valence-electron chi connectivity index (χ2n) is 7.08. The fourth-order valence-corrected chi connectivity index (χ4v) is 3.77. The highest BCUT2D eigenvalue weighted by atomic mass is 79.9. The number of carbonyl (C=O) groups is 1. The van der Waals surface area contributed by atoms with Crippen molar-refractivity contribution < 1.29 is 9.90 Å². The van der Waals surface area contributed by atoms with Gasteiger partial charge in [-0.1, -0.05) is 30.2 Å². The largest absolute Gasteiger partial charge is 0.394 e. The first kappa shape index (κ1) is 20.9. The number of fused-ring (bicyclic) bond motifs is 1. The first-order valence-electron chi connectivity index (χ1n) is 9.83. The number of hydrogen-bond donors (Lipinski definition) is 3. The van der Waals surface area contributed by atoms with Crippen LogP contribution in [0.15, 0.2) is 77.5 Å². The van der Waals surface area contributed by atoms with Crippen molar-refractivity contribution in [1.29, 1.82) is 0 Å². The zero-order valence-electron chi connectivity index (χ0n) is 16.6. The molecule has 0 unspecified atom stereocenters. The number of amides is 1. The Hall–Kier alpha value is -3.40. The van der Waals surface area contributed by atoms with Crippen LogP contribution in [-0.2, 0) is 6.42 Å². The van der Waals surface area contributed by atoms with E-state index < -0.39 is 6.04 Å². The Morgan fingerprint density at radius 2 is 1.97 bits per heavy atom. The molecule has 2 heterocycles. The van der Waals surface area contributed by atoms with Gasteiger partial charge in [0.2, 0.25) is 0 Å². The average molecular weight is 474 g/mol. The number of benzene rings is 2. The molecule has 0 saturated heterocycles. The molecule has 0 saturated carbocycles. The lowest BCUT2D eigenvalue weighted by Crippen LogP contribution is -2.39. The van der Waals surface area contributed by atoms with Gasteiger partial charge in [0.15, 0.2) is 0 Å². The molecule has 0 bridgehead atoms. The van der Waals surface area contributed by atoms with Gasteiger partial charge in [0, 0.05) is 33.3 Å². The van der Waals surface area contributed by atoms with Gasteiger partial charge in [0.1, 0.15) is 5.69 Å². The van der Waals surface area contributed by atoms with E-state index >= 15 is 0 Å². The normalized spacial score (nSPS) is 11.5. The Morgan fingerprint density at radius 1 is 1.13 bits per heavy atom. The van der Waals surface area contributed by atoms with Gasteiger partial charge in [-0.25, -0.2) is 4.98 Å². The molecule has 0 aliphatic heterocycles. The number of aromatic nitrogens is 2. The van der Waals surface area contributed by atoms with Gasteiger partial charge in [-0.05, 0) is 70.2 Å². The van der Waals surface area contributed by atoms with Crippen LogP contribution < -0.4 is 5.32 Å². The number of halogens is 1. The molecule has 1 atom stereocenters. The summed E-state index contributed by atoms with van der Waals surface area (Å²) in [6.07, 6.45) is 4.12. The number of nitrogens with one attached hydrogen (secondary N) is 2. The number of aliphatic hydroxyl groups excluding tert-OH is 1. The van der Waals surface area contributed by atoms with Crippen molar-refractivity contribution in [3.63, 3.8) is 0 Å². The number of pyridine rings is 1. The number of aromatic amines is 1. The molecular weight excluding hydrogens is 454 g/mol. The van der Waals surface area contributed by atoms with Crippen molar-refractivity contribution in [3.8, 4) is 11.8 Å². The SMILES string of the molecule is O=C(N[C@@H](CO)Cc1c[nH]c2ccccc12)c1cc(C#Cc2ccccn2)ccc1Br. The molecule has 154 valence electrons. The summed E-state index contributed by atoms with van der Waals surface area (Å²) in [6.45, 7) is -0.165. The lowest BCUT2D eigenvalue weighted by Gasteiger charge is -2.17. The average Bonchev–Trinajstić information content (AvgIpc) is 3.21. The summed E-state index contributed by atoms with van der Waals surface area (Å²) < 4.78 is 0.664. The van der Waals surface area contributed by atoms with Gasteiger partial charge in [-0.2, -0.15) is 0 Å². The van der Waals surface area contributed by atoms with E-state index in [1.165, 1.54) is 0 Å². The molecule has 5 nitrogen and oxygen atoms in total. The van der Waals surface area contributed by atoms with Gasteiger partial charge < -0.3 is 15.4 Å². The molecule has 0 aliphatic rings. The minimum absolute atomic E-state index is 0.165. The first-order chi connectivity index (χ1) is 15.1.